The summed E-state index contributed by atoms with van der Waals surface area (Å²) < 4.78 is 6.32. The fourth-order valence-corrected chi connectivity index (χ4v) is 3.74. The molecule has 2 heteroatoms. The molecular weight excluding hydrogens is 260 g/mol. The maximum Gasteiger partial charge on any atom is 0.184 e. The second kappa shape index (κ2) is 12.5. The zero-order valence-electron chi connectivity index (χ0n) is 14.3. The van der Waals surface area contributed by atoms with Gasteiger partial charge in [0.1, 0.15) is 0 Å². The molecule has 0 bridgehead atoms. The Bertz CT molecular complexity index is 249. The SMILES string of the molecule is C#CCCCCCCCCC(CCCC)O[Si](C)(C)C. The molecule has 1 nitrogen and oxygen atoms in total. The third-order valence-electron chi connectivity index (χ3n) is 3.50. The minimum Gasteiger partial charge on any atom is -0.415 e. The van der Waals surface area contributed by atoms with E-state index in [0.717, 1.165) is 6.42 Å². The minimum atomic E-state index is -1.38. The van der Waals surface area contributed by atoms with Crippen LogP contribution < -0.4 is 0 Å². The Morgan fingerprint density at radius 3 is 2.00 bits per heavy atom. The summed E-state index contributed by atoms with van der Waals surface area (Å²) in [5.74, 6) is 2.71. The molecule has 0 saturated carbocycles. The van der Waals surface area contributed by atoms with Crippen molar-refractivity contribution in [3.8, 4) is 12.3 Å². The number of hydrogen-bond donors (Lipinski definition) is 0. The normalized spacial score (nSPS) is 13.2. The van der Waals surface area contributed by atoms with E-state index >= 15 is 0 Å². The Labute approximate surface area is 129 Å². The minimum absolute atomic E-state index is 0.517. The van der Waals surface area contributed by atoms with E-state index < -0.39 is 8.32 Å². The van der Waals surface area contributed by atoms with Crippen LogP contribution in [0.5, 0.6) is 0 Å². The molecule has 0 aliphatic rings. The van der Waals surface area contributed by atoms with Gasteiger partial charge in [-0.3, -0.25) is 0 Å². The maximum atomic E-state index is 6.32. The molecule has 0 aromatic rings. The standard InChI is InChI=1S/C18H36OSi/c1-6-8-10-11-12-13-14-15-17-18(16-9-7-2)19-20(3,4)5/h1,18H,7-17H2,2-5H3. The van der Waals surface area contributed by atoms with Crippen LogP contribution in [-0.4, -0.2) is 14.4 Å². The molecule has 0 spiro atoms. The predicted molar refractivity (Wildman–Crippen MR) is 93.5 cm³/mol. The van der Waals surface area contributed by atoms with Crippen LogP contribution in [0.1, 0.15) is 77.6 Å². The van der Waals surface area contributed by atoms with E-state index in [1.165, 1.54) is 64.2 Å². The summed E-state index contributed by atoms with van der Waals surface area (Å²) in [6.45, 7) is 9.17. The molecule has 1 atom stereocenters. The summed E-state index contributed by atoms with van der Waals surface area (Å²) in [5.41, 5.74) is 0. The molecular formula is C18H36OSi. The second-order valence-electron chi connectivity index (χ2n) is 6.86. The van der Waals surface area contributed by atoms with Crippen molar-refractivity contribution in [2.45, 2.75) is 103 Å². The van der Waals surface area contributed by atoms with Crippen molar-refractivity contribution in [2.75, 3.05) is 0 Å². The van der Waals surface area contributed by atoms with E-state index in [2.05, 4.69) is 32.5 Å². The van der Waals surface area contributed by atoms with Crippen LogP contribution in [0.15, 0.2) is 0 Å². The van der Waals surface area contributed by atoms with Crippen LogP contribution in [0.2, 0.25) is 19.6 Å². The van der Waals surface area contributed by atoms with Crippen LogP contribution in [0.25, 0.3) is 0 Å². The van der Waals surface area contributed by atoms with Crippen molar-refractivity contribution in [3.63, 3.8) is 0 Å². The van der Waals surface area contributed by atoms with Gasteiger partial charge in [0, 0.05) is 12.5 Å². The molecule has 0 saturated heterocycles. The second-order valence-corrected chi connectivity index (χ2v) is 11.3. The maximum absolute atomic E-state index is 6.32. The molecule has 20 heavy (non-hydrogen) atoms. The van der Waals surface area contributed by atoms with Crippen LogP contribution in [-0.2, 0) is 4.43 Å². The van der Waals surface area contributed by atoms with E-state index in [1.807, 2.05) is 0 Å². The van der Waals surface area contributed by atoms with Crippen molar-refractivity contribution in [3.05, 3.63) is 0 Å². The molecule has 0 fully saturated rings. The number of hydrogen-bond acceptors (Lipinski definition) is 1. The molecule has 0 heterocycles. The van der Waals surface area contributed by atoms with E-state index in [9.17, 15) is 0 Å². The van der Waals surface area contributed by atoms with Gasteiger partial charge in [-0.15, -0.1) is 12.3 Å². The van der Waals surface area contributed by atoms with Crippen LogP contribution >= 0.6 is 0 Å². The van der Waals surface area contributed by atoms with Gasteiger partial charge in [-0.1, -0.05) is 51.9 Å². The Hall–Kier alpha value is -0.263. The lowest BCUT2D eigenvalue weighted by Crippen LogP contribution is -2.32. The fourth-order valence-electron chi connectivity index (χ4n) is 2.50. The van der Waals surface area contributed by atoms with Gasteiger partial charge >= 0.3 is 0 Å². The molecule has 0 N–H and O–H groups in total. The van der Waals surface area contributed by atoms with Crippen LogP contribution in [0, 0.1) is 12.3 Å². The first-order valence-electron chi connectivity index (χ1n) is 8.61. The lowest BCUT2D eigenvalue weighted by Gasteiger charge is -2.26. The zero-order valence-corrected chi connectivity index (χ0v) is 15.3. The van der Waals surface area contributed by atoms with E-state index in [4.69, 9.17) is 10.8 Å². The highest BCUT2D eigenvalue weighted by atomic mass is 28.4. The average Bonchev–Trinajstić information content (AvgIpc) is 2.37. The van der Waals surface area contributed by atoms with E-state index in [0.29, 0.717) is 6.10 Å². The van der Waals surface area contributed by atoms with Gasteiger partial charge in [0.2, 0.25) is 0 Å². The fraction of sp³-hybridized carbons (Fsp3) is 0.889. The highest BCUT2D eigenvalue weighted by molar-refractivity contribution is 6.69. The van der Waals surface area contributed by atoms with Crippen molar-refractivity contribution in [2.24, 2.45) is 0 Å². The highest BCUT2D eigenvalue weighted by Crippen LogP contribution is 2.19. The zero-order chi connectivity index (χ0) is 15.3. The first kappa shape index (κ1) is 19.7. The van der Waals surface area contributed by atoms with Gasteiger partial charge in [0.05, 0.1) is 0 Å². The van der Waals surface area contributed by atoms with Crippen molar-refractivity contribution >= 4 is 8.32 Å². The van der Waals surface area contributed by atoms with Crippen molar-refractivity contribution in [1.29, 1.82) is 0 Å². The molecule has 0 aliphatic heterocycles. The number of terminal acetylenes is 1. The average molecular weight is 297 g/mol. The van der Waals surface area contributed by atoms with Crippen molar-refractivity contribution in [1.82, 2.24) is 0 Å². The largest absolute Gasteiger partial charge is 0.415 e. The lowest BCUT2D eigenvalue weighted by molar-refractivity contribution is 0.166. The van der Waals surface area contributed by atoms with Gasteiger partial charge in [0.15, 0.2) is 8.32 Å². The third kappa shape index (κ3) is 14.2. The molecule has 0 radical (unpaired) electrons. The Kier molecular flexibility index (Phi) is 12.3. The molecule has 0 aromatic heterocycles. The molecule has 0 amide bonds. The van der Waals surface area contributed by atoms with E-state index in [1.54, 1.807) is 0 Å². The van der Waals surface area contributed by atoms with Gasteiger partial charge in [-0.05, 0) is 38.9 Å². The summed E-state index contributed by atoms with van der Waals surface area (Å²) in [4.78, 5) is 0. The van der Waals surface area contributed by atoms with Crippen LogP contribution in [0.4, 0.5) is 0 Å². The predicted octanol–water partition coefficient (Wildman–Crippen LogP) is 6.15. The van der Waals surface area contributed by atoms with Gasteiger partial charge < -0.3 is 4.43 Å². The Morgan fingerprint density at radius 1 is 0.900 bits per heavy atom. The highest BCUT2D eigenvalue weighted by Gasteiger charge is 2.20. The molecule has 0 aliphatic carbocycles. The molecule has 0 aromatic carbocycles. The molecule has 1 unspecified atom stereocenters. The molecule has 0 rings (SSSR count). The monoisotopic (exact) mass is 296 g/mol. The third-order valence-corrected chi connectivity index (χ3v) is 4.54. The first-order chi connectivity index (χ1) is 9.49. The number of unbranched alkanes of at least 4 members (excludes halogenated alkanes) is 7. The lowest BCUT2D eigenvalue weighted by atomic mass is 10.0. The first-order valence-corrected chi connectivity index (χ1v) is 12.0. The summed E-state index contributed by atoms with van der Waals surface area (Å²) >= 11 is 0. The van der Waals surface area contributed by atoms with Gasteiger partial charge in [0.25, 0.3) is 0 Å². The van der Waals surface area contributed by atoms with Gasteiger partial charge in [-0.2, -0.15) is 0 Å². The van der Waals surface area contributed by atoms with Gasteiger partial charge in [-0.25, -0.2) is 0 Å². The molecule has 118 valence electrons. The Balaban J connectivity index is 3.66. The summed E-state index contributed by atoms with van der Waals surface area (Å²) in [5, 5.41) is 0. The van der Waals surface area contributed by atoms with Crippen LogP contribution in [0.3, 0.4) is 0 Å². The quantitative estimate of drug-likeness (QED) is 0.225. The van der Waals surface area contributed by atoms with E-state index in [-0.39, 0.29) is 0 Å². The summed E-state index contributed by atoms with van der Waals surface area (Å²) in [7, 11) is -1.38. The van der Waals surface area contributed by atoms with Crippen molar-refractivity contribution < 1.29 is 4.43 Å². The topological polar surface area (TPSA) is 9.23 Å². The summed E-state index contributed by atoms with van der Waals surface area (Å²) in [6.07, 6.45) is 19.7. The Morgan fingerprint density at radius 2 is 1.45 bits per heavy atom. The number of rotatable bonds is 13. The smallest absolute Gasteiger partial charge is 0.184 e. The summed E-state index contributed by atoms with van der Waals surface area (Å²) in [6, 6.07) is 0.